The van der Waals surface area contributed by atoms with Gasteiger partial charge in [-0.25, -0.2) is 13.6 Å². The molecule has 0 unspecified atom stereocenters. The second-order valence-corrected chi connectivity index (χ2v) is 5.50. The number of hydrogen-bond acceptors (Lipinski definition) is 2. The molecule has 0 heterocycles. The van der Waals surface area contributed by atoms with Gasteiger partial charge in [-0.05, 0) is 30.2 Å². The summed E-state index contributed by atoms with van der Waals surface area (Å²) in [5.74, 6) is 0. The van der Waals surface area contributed by atoms with Crippen LogP contribution in [-0.2, 0) is 10.0 Å². The Kier molecular flexibility index (Phi) is 3.00. The number of primary sulfonamides is 1. The monoisotopic (exact) mass is 247 g/mol. The van der Waals surface area contributed by atoms with Crippen LogP contribution in [0.2, 0.25) is 0 Å². The van der Waals surface area contributed by atoms with Gasteiger partial charge < -0.3 is 0 Å². The van der Waals surface area contributed by atoms with E-state index in [1.807, 2.05) is 31.2 Å². The predicted molar refractivity (Wildman–Crippen MR) is 68.0 cm³/mol. The van der Waals surface area contributed by atoms with Crippen LogP contribution in [0, 0.1) is 6.92 Å². The molecule has 2 rings (SSSR count). The first-order valence-electron chi connectivity index (χ1n) is 5.17. The van der Waals surface area contributed by atoms with E-state index in [2.05, 4.69) is 0 Å². The largest absolute Gasteiger partial charge is 0.238 e. The molecular formula is C13H13NO2S. The maximum Gasteiger partial charge on any atom is 0.238 e. The zero-order valence-corrected chi connectivity index (χ0v) is 10.2. The maximum atomic E-state index is 11.1. The maximum absolute atomic E-state index is 11.1. The third-order valence-electron chi connectivity index (χ3n) is 2.57. The summed E-state index contributed by atoms with van der Waals surface area (Å²) < 4.78 is 22.2. The fraction of sp³-hybridized carbons (Fsp3) is 0.0769. The molecule has 2 aromatic carbocycles. The molecule has 88 valence electrons. The molecule has 17 heavy (non-hydrogen) atoms. The van der Waals surface area contributed by atoms with Crippen LogP contribution < -0.4 is 5.14 Å². The quantitative estimate of drug-likeness (QED) is 0.885. The highest BCUT2D eigenvalue weighted by Crippen LogP contribution is 2.21. The lowest BCUT2D eigenvalue weighted by molar-refractivity contribution is 0.598. The predicted octanol–water partition coefficient (Wildman–Crippen LogP) is 2.31. The molecule has 0 spiro atoms. The van der Waals surface area contributed by atoms with Gasteiger partial charge in [0.15, 0.2) is 0 Å². The molecule has 0 aliphatic heterocycles. The van der Waals surface area contributed by atoms with Gasteiger partial charge >= 0.3 is 0 Å². The molecule has 0 aliphatic carbocycles. The third-order valence-corrected chi connectivity index (χ3v) is 3.50. The molecule has 0 atom stereocenters. The summed E-state index contributed by atoms with van der Waals surface area (Å²) >= 11 is 0. The Morgan fingerprint density at radius 1 is 0.824 bits per heavy atom. The molecule has 0 fully saturated rings. The van der Waals surface area contributed by atoms with Crippen molar-refractivity contribution in [1.82, 2.24) is 0 Å². The lowest BCUT2D eigenvalue weighted by atomic mass is 10.0. The van der Waals surface area contributed by atoms with Crippen LogP contribution in [0.4, 0.5) is 0 Å². The van der Waals surface area contributed by atoms with Crippen LogP contribution in [0.5, 0.6) is 0 Å². The normalized spacial score (nSPS) is 11.4. The molecule has 0 aromatic heterocycles. The molecule has 0 radical (unpaired) electrons. The highest BCUT2D eigenvalue weighted by Gasteiger charge is 2.07. The zero-order valence-electron chi connectivity index (χ0n) is 9.42. The molecule has 4 heteroatoms. The van der Waals surface area contributed by atoms with E-state index in [-0.39, 0.29) is 4.90 Å². The van der Waals surface area contributed by atoms with Crippen molar-refractivity contribution in [2.24, 2.45) is 5.14 Å². The van der Waals surface area contributed by atoms with Gasteiger partial charge in [0.05, 0.1) is 4.90 Å². The van der Waals surface area contributed by atoms with Crippen LogP contribution in [0.1, 0.15) is 5.56 Å². The number of aryl methyl sites for hydroxylation is 1. The first-order valence-corrected chi connectivity index (χ1v) is 6.71. The second kappa shape index (κ2) is 4.31. The number of nitrogens with two attached hydrogens (primary N) is 1. The van der Waals surface area contributed by atoms with Crippen molar-refractivity contribution in [3.8, 4) is 11.1 Å². The van der Waals surface area contributed by atoms with Crippen LogP contribution in [-0.4, -0.2) is 8.42 Å². The van der Waals surface area contributed by atoms with Gasteiger partial charge in [-0.1, -0.05) is 42.0 Å². The van der Waals surface area contributed by atoms with Crippen molar-refractivity contribution in [3.05, 3.63) is 54.1 Å². The van der Waals surface area contributed by atoms with E-state index in [0.717, 1.165) is 11.1 Å². The van der Waals surface area contributed by atoms with E-state index in [1.54, 1.807) is 12.1 Å². The molecule has 0 saturated carbocycles. The first kappa shape index (κ1) is 11.8. The SMILES string of the molecule is Cc1ccc(-c2ccc(S(N)(=O)=O)cc2)cc1. The first-order chi connectivity index (χ1) is 7.97. The Morgan fingerprint density at radius 3 is 1.65 bits per heavy atom. The number of sulfonamides is 1. The number of hydrogen-bond donors (Lipinski definition) is 1. The fourth-order valence-electron chi connectivity index (χ4n) is 1.58. The minimum Gasteiger partial charge on any atom is -0.225 e. The summed E-state index contributed by atoms with van der Waals surface area (Å²) in [5.41, 5.74) is 3.21. The Labute approximate surface area is 101 Å². The van der Waals surface area contributed by atoms with E-state index in [0.29, 0.717) is 0 Å². The molecule has 0 bridgehead atoms. The van der Waals surface area contributed by atoms with Crippen molar-refractivity contribution in [2.45, 2.75) is 11.8 Å². The van der Waals surface area contributed by atoms with Gasteiger partial charge in [-0.15, -0.1) is 0 Å². The van der Waals surface area contributed by atoms with Gasteiger partial charge in [0, 0.05) is 0 Å². The molecule has 0 aliphatic rings. The number of rotatable bonds is 2. The lowest BCUT2D eigenvalue weighted by Gasteiger charge is -2.03. The van der Waals surface area contributed by atoms with Crippen molar-refractivity contribution in [2.75, 3.05) is 0 Å². The van der Waals surface area contributed by atoms with Gasteiger partial charge in [0.1, 0.15) is 0 Å². The summed E-state index contributed by atoms with van der Waals surface area (Å²) in [5, 5.41) is 5.04. The Morgan fingerprint density at radius 2 is 1.24 bits per heavy atom. The fourth-order valence-corrected chi connectivity index (χ4v) is 2.10. The van der Waals surface area contributed by atoms with Crippen molar-refractivity contribution in [1.29, 1.82) is 0 Å². The molecule has 3 nitrogen and oxygen atoms in total. The van der Waals surface area contributed by atoms with E-state index in [1.165, 1.54) is 17.7 Å². The summed E-state index contributed by atoms with van der Waals surface area (Å²) in [4.78, 5) is 0.133. The minimum absolute atomic E-state index is 0.133. The summed E-state index contributed by atoms with van der Waals surface area (Å²) in [6.07, 6.45) is 0. The zero-order chi connectivity index (χ0) is 12.5. The van der Waals surface area contributed by atoms with Gasteiger partial charge in [0.25, 0.3) is 0 Å². The molecule has 0 saturated heterocycles. The van der Waals surface area contributed by atoms with Crippen molar-refractivity contribution < 1.29 is 8.42 Å². The lowest BCUT2D eigenvalue weighted by Crippen LogP contribution is -2.11. The van der Waals surface area contributed by atoms with Crippen LogP contribution >= 0.6 is 0 Å². The Bertz CT molecular complexity index is 613. The molecule has 2 N–H and O–H groups in total. The summed E-state index contributed by atoms with van der Waals surface area (Å²) in [6.45, 7) is 2.02. The van der Waals surface area contributed by atoms with Crippen LogP contribution in [0.15, 0.2) is 53.4 Å². The molecular weight excluding hydrogens is 234 g/mol. The summed E-state index contributed by atoms with van der Waals surface area (Å²) in [7, 11) is -3.61. The van der Waals surface area contributed by atoms with Crippen LogP contribution in [0.25, 0.3) is 11.1 Å². The second-order valence-electron chi connectivity index (χ2n) is 3.94. The van der Waals surface area contributed by atoms with Crippen LogP contribution in [0.3, 0.4) is 0 Å². The van der Waals surface area contributed by atoms with E-state index < -0.39 is 10.0 Å². The highest BCUT2D eigenvalue weighted by molar-refractivity contribution is 7.89. The molecule has 0 amide bonds. The standard InChI is InChI=1S/C13H13NO2S/c1-10-2-4-11(5-3-10)12-6-8-13(9-7-12)17(14,15)16/h2-9H,1H3,(H2,14,15,16). The minimum atomic E-state index is -3.61. The smallest absolute Gasteiger partial charge is 0.225 e. The summed E-state index contributed by atoms with van der Waals surface area (Å²) in [6, 6.07) is 14.6. The van der Waals surface area contributed by atoms with E-state index >= 15 is 0 Å². The van der Waals surface area contributed by atoms with Crippen molar-refractivity contribution >= 4 is 10.0 Å². The topological polar surface area (TPSA) is 60.2 Å². The van der Waals surface area contributed by atoms with Crippen molar-refractivity contribution in [3.63, 3.8) is 0 Å². The molecule has 2 aromatic rings. The van der Waals surface area contributed by atoms with Gasteiger partial charge in [-0.3, -0.25) is 0 Å². The average molecular weight is 247 g/mol. The third kappa shape index (κ3) is 2.72. The Hall–Kier alpha value is -1.65. The van der Waals surface area contributed by atoms with E-state index in [4.69, 9.17) is 5.14 Å². The van der Waals surface area contributed by atoms with Gasteiger partial charge in [-0.2, -0.15) is 0 Å². The van der Waals surface area contributed by atoms with Gasteiger partial charge in [0.2, 0.25) is 10.0 Å². The van der Waals surface area contributed by atoms with E-state index in [9.17, 15) is 8.42 Å². The average Bonchev–Trinajstić information content (AvgIpc) is 2.29. The highest BCUT2D eigenvalue weighted by atomic mass is 32.2. The Balaban J connectivity index is 2.39. The number of benzene rings is 2.